The fourth-order valence-electron chi connectivity index (χ4n) is 1.81. The number of aryl methyl sites for hydroxylation is 1. The lowest BCUT2D eigenvalue weighted by atomic mass is 10.1. The van der Waals surface area contributed by atoms with Gasteiger partial charge in [0.2, 0.25) is 0 Å². The van der Waals surface area contributed by atoms with Crippen LogP contribution in [0.25, 0.3) is 6.08 Å². The summed E-state index contributed by atoms with van der Waals surface area (Å²) in [5.41, 5.74) is 2.34. The number of carbonyl (C=O) groups is 1. The Kier molecular flexibility index (Phi) is 4.51. The number of rotatable bonds is 4. The molecule has 0 amide bonds. The van der Waals surface area contributed by atoms with E-state index >= 15 is 0 Å². The van der Waals surface area contributed by atoms with E-state index in [9.17, 15) is 9.90 Å². The van der Waals surface area contributed by atoms with Crippen LogP contribution in [0.2, 0.25) is 0 Å². The lowest BCUT2D eigenvalue weighted by Gasteiger charge is -2.01. The molecule has 100 valence electrons. The molecule has 2 aromatic carbocycles. The third-order valence-corrected chi connectivity index (χ3v) is 2.86. The van der Waals surface area contributed by atoms with Crippen molar-refractivity contribution < 1.29 is 9.90 Å². The van der Waals surface area contributed by atoms with E-state index in [1.54, 1.807) is 24.3 Å². The fourth-order valence-corrected chi connectivity index (χ4v) is 1.81. The highest BCUT2D eigenvalue weighted by atomic mass is 16.3. The molecule has 2 heteroatoms. The Morgan fingerprint density at radius 3 is 2.55 bits per heavy atom. The Balaban J connectivity index is 2.06. The quantitative estimate of drug-likeness (QED) is 0.511. The van der Waals surface area contributed by atoms with Gasteiger partial charge in [0.15, 0.2) is 5.78 Å². The monoisotopic (exact) mass is 264 g/mol. The number of hydrogen-bond donors (Lipinski definition) is 1. The van der Waals surface area contributed by atoms with Crippen LogP contribution < -0.4 is 0 Å². The van der Waals surface area contributed by atoms with Crippen molar-refractivity contribution >= 4 is 11.9 Å². The van der Waals surface area contributed by atoms with Crippen LogP contribution in [0.4, 0.5) is 0 Å². The molecule has 0 bridgehead atoms. The van der Waals surface area contributed by atoms with Gasteiger partial charge >= 0.3 is 0 Å². The predicted octanol–water partition coefficient (Wildman–Crippen LogP) is 4.15. The van der Waals surface area contributed by atoms with Crippen LogP contribution >= 0.6 is 0 Å². The molecule has 0 atom stereocenters. The van der Waals surface area contributed by atoms with Crippen molar-refractivity contribution in [1.82, 2.24) is 0 Å². The second-order valence-electron chi connectivity index (χ2n) is 4.51. The van der Waals surface area contributed by atoms with E-state index in [1.807, 2.05) is 43.3 Å². The molecule has 0 heterocycles. The molecule has 0 aliphatic rings. The van der Waals surface area contributed by atoms with Crippen molar-refractivity contribution in [3.05, 3.63) is 83.4 Å². The molecule has 0 aromatic heterocycles. The van der Waals surface area contributed by atoms with Gasteiger partial charge in [0.25, 0.3) is 0 Å². The number of allylic oxidation sites excluding steroid dienone is 3. The number of hydrogen-bond acceptors (Lipinski definition) is 2. The number of aromatic hydroxyl groups is 1. The minimum Gasteiger partial charge on any atom is -0.507 e. The molecule has 0 saturated carbocycles. The van der Waals surface area contributed by atoms with Crippen LogP contribution in [0, 0.1) is 6.92 Å². The van der Waals surface area contributed by atoms with E-state index in [2.05, 4.69) is 0 Å². The SMILES string of the molecule is Cc1ccc(O)c(C(=O)/C=C/C=C/c2ccccc2)c1. The number of phenols is 1. The van der Waals surface area contributed by atoms with Gasteiger partial charge in [-0.25, -0.2) is 0 Å². The standard InChI is InChI=1S/C18H16O2/c1-14-11-12-18(20)16(13-14)17(19)10-6-5-9-15-7-3-2-4-8-15/h2-13,20H,1H3/b9-5+,10-6+. The third-order valence-electron chi connectivity index (χ3n) is 2.86. The second-order valence-corrected chi connectivity index (χ2v) is 4.51. The average Bonchev–Trinajstić information content (AvgIpc) is 2.47. The molecule has 0 aliphatic heterocycles. The normalized spacial score (nSPS) is 11.2. The Morgan fingerprint density at radius 1 is 1.05 bits per heavy atom. The maximum absolute atomic E-state index is 11.9. The summed E-state index contributed by atoms with van der Waals surface area (Å²) >= 11 is 0. The Bertz CT molecular complexity index is 652. The van der Waals surface area contributed by atoms with Gasteiger partial charge in [-0.05, 0) is 30.7 Å². The van der Waals surface area contributed by atoms with Gasteiger partial charge in [-0.3, -0.25) is 4.79 Å². The smallest absolute Gasteiger partial charge is 0.189 e. The van der Waals surface area contributed by atoms with Crippen molar-refractivity contribution in [2.75, 3.05) is 0 Å². The lowest BCUT2D eigenvalue weighted by Crippen LogP contribution is -1.95. The molecule has 0 radical (unpaired) electrons. The summed E-state index contributed by atoms with van der Waals surface area (Å²) in [6.45, 7) is 1.88. The van der Waals surface area contributed by atoms with Crippen LogP contribution in [0.5, 0.6) is 5.75 Å². The molecule has 0 unspecified atom stereocenters. The maximum atomic E-state index is 11.9. The molecular formula is C18H16O2. The largest absolute Gasteiger partial charge is 0.507 e. The van der Waals surface area contributed by atoms with E-state index in [4.69, 9.17) is 0 Å². The van der Waals surface area contributed by atoms with Crippen LogP contribution in [-0.4, -0.2) is 10.9 Å². The van der Waals surface area contributed by atoms with Gasteiger partial charge in [-0.15, -0.1) is 0 Å². The fraction of sp³-hybridized carbons (Fsp3) is 0.0556. The van der Waals surface area contributed by atoms with Gasteiger partial charge in [-0.1, -0.05) is 60.2 Å². The van der Waals surface area contributed by atoms with Crippen molar-refractivity contribution in [3.63, 3.8) is 0 Å². The topological polar surface area (TPSA) is 37.3 Å². The molecule has 0 aliphatic carbocycles. The van der Waals surface area contributed by atoms with Crippen LogP contribution in [-0.2, 0) is 0 Å². The molecule has 2 aromatic rings. The van der Waals surface area contributed by atoms with Crippen LogP contribution in [0.1, 0.15) is 21.5 Å². The van der Waals surface area contributed by atoms with Crippen molar-refractivity contribution in [2.24, 2.45) is 0 Å². The van der Waals surface area contributed by atoms with E-state index in [1.165, 1.54) is 12.1 Å². The minimum absolute atomic E-state index is 0.0114. The first-order chi connectivity index (χ1) is 9.66. The highest BCUT2D eigenvalue weighted by Gasteiger charge is 2.07. The first-order valence-corrected chi connectivity index (χ1v) is 6.40. The zero-order valence-corrected chi connectivity index (χ0v) is 11.3. The van der Waals surface area contributed by atoms with Gasteiger partial charge < -0.3 is 5.11 Å². The summed E-state index contributed by atoms with van der Waals surface area (Å²) < 4.78 is 0. The number of benzene rings is 2. The Labute approximate surface area is 118 Å². The van der Waals surface area contributed by atoms with Crippen LogP contribution in [0.3, 0.4) is 0 Å². The van der Waals surface area contributed by atoms with E-state index in [0.29, 0.717) is 5.56 Å². The molecular weight excluding hydrogens is 248 g/mol. The summed E-state index contributed by atoms with van der Waals surface area (Å²) in [4.78, 5) is 11.9. The van der Waals surface area contributed by atoms with Gasteiger partial charge in [-0.2, -0.15) is 0 Å². The van der Waals surface area contributed by atoms with E-state index in [-0.39, 0.29) is 11.5 Å². The Morgan fingerprint density at radius 2 is 1.80 bits per heavy atom. The van der Waals surface area contributed by atoms with Gasteiger partial charge in [0, 0.05) is 0 Å². The van der Waals surface area contributed by atoms with Crippen molar-refractivity contribution in [2.45, 2.75) is 6.92 Å². The zero-order chi connectivity index (χ0) is 14.4. The first-order valence-electron chi connectivity index (χ1n) is 6.40. The minimum atomic E-state index is -0.205. The highest BCUT2D eigenvalue weighted by molar-refractivity contribution is 6.06. The summed E-state index contributed by atoms with van der Waals surface area (Å²) in [5, 5.41) is 9.67. The zero-order valence-electron chi connectivity index (χ0n) is 11.3. The van der Waals surface area contributed by atoms with Crippen molar-refractivity contribution in [3.8, 4) is 5.75 Å². The highest BCUT2D eigenvalue weighted by Crippen LogP contribution is 2.19. The lowest BCUT2D eigenvalue weighted by molar-refractivity contribution is 0.104. The third kappa shape index (κ3) is 3.69. The Hall–Kier alpha value is -2.61. The molecule has 2 nitrogen and oxygen atoms in total. The summed E-state index contributed by atoms with van der Waals surface area (Å²) in [6, 6.07) is 14.8. The molecule has 20 heavy (non-hydrogen) atoms. The summed E-state index contributed by atoms with van der Waals surface area (Å²) in [6.07, 6.45) is 6.85. The van der Waals surface area contributed by atoms with E-state index in [0.717, 1.165) is 11.1 Å². The number of ketones is 1. The van der Waals surface area contributed by atoms with Crippen LogP contribution in [0.15, 0.2) is 66.8 Å². The summed E-state index contributed by atoms with van der Waals surface area (Å²) in [5.74, 6) is -0.193. The van der Waals surface area contributed by atoms with Crippen molar-refractivity contribution in [1.29, 1.82) is 0 Å². The first kappa shape index (κ1) is 13.8. The molecule has 2 rings (SSSR count). The molecule has 0 spiro atoms. The van der Waals surface area contributed by atoms with Gasteiger partial charge in [0.1, 0.15) is 5.75 Å². The number of phenolic OH excluding ortho intramolecular Hbond substituents is 1. The predicted molar refractivity (Wildman–Crippen MR) is 81.8 cm³/mol. The second kappa shape index (κ2) is 6.53. The van der Waals surface area contributed by atoms with Gasteiger partial charge in [0.05, 0.1) is 5.56 Å². The van der Waals surface area contributed by atoms with E-state index < -0.39 is 0 Å². The number of carbonyl (C=O) groups excluding carboxylic acids is 1. The molecule has 0 saturated heterocycles. The summed E-state index contributed by atoms with van der Waals surface area (Å²) in [7, 11) is 0. The average molecular weight is 264 g/mol. The molecule has 0 fully saturated rings. The molecule has 1 N–H and O–H groups in total. The maximum Gasteiger partial charge on any atom is 0.189 e.